The molecule has 9 heavy (non-hydrogen) atoms. The molecule has 4 heteroatoms. The summed E-state index contributed by atoms with van der Waals surface area (Å²) in [5.41, 5.74) is 0. The fourth-order valence-corrected chi connectivity index (χ4v) is 0.168. The third kappa shape index (κ3) is 4.99. The number of rotatable bonds is 4. The molecule has 0 aliphatic carbocycles. The first kappa shape index (κ1) is 8.13. The molecule has 0 rings (SSSR count). The van der Waals surface area contributed by atoms with Crippen molar-refractivity contribution in [3.8, 4) is 0 Å². The van der Waals surface area contributed by atoms with Crippen molar-refractivity contribution < 1.29 is 19.7 Å². The lowest BCUT2D eigenvalue weighted by molar-refractivity contribution is -0.271. The van der Waals surface area contributed by atoms with Crippen LogP contribution in [-0.4, -0.2) is 19.2 Å². The van der Waals surface area contributed by atoms with Gasteiger partial charge in [-0.1, -0.05) is 6.58 Å². The number of carbonyl (C=O) groups is 1. The topological polar surface area (TPSA) is 55.4 Å². The molecule has 0 unspecified atom stereocenters. The van der Waals surface area contributed by atoms with Crippen LogP contribution in [0.2, 0.25) is 0 Å². The SMILES string of the molecule is C=CC(=O)OOCC[O]. The molecule has 0 bridgehead atoms. The summed E-state index contributed by atoms with van der Waals surface area (Å²) >= 11 is 0. The standard InChI is InChI=1S/C5H7O4/c1-2-5(7)9-8-4-3-6/h2H,1,3-4H2. The molecule has 0 aliphatic rings. The third-order valence-corrected chi connectivity index (χ3v) is 0.474. The molecule has 0 heterocycles. The van der Waals surface area contributed by atoms with Crippen molar-refractivity contribution in [2.75, 3.05) is 13.2 Å². The van der Waals surface area contributed by atoms with E-state index in [0.29, 0.717) is 0 Å². The second-order valence-electron chi connectivity index (χ2n) is 1.13. The van der Waals surface area contributed by atoms with E-state index in [1.54, 1.807) is 0 Å². The van der Waals surface area contributed by atoms with Crippen LogP contribution in [0, 0.1) is 0 Å². The maximum absolute atomic E-state index is 10.1. The van der Waals surface area contributed by atoms with Crippen LogP contribution in [0.1, 0.15) is 0 Å². The Balaban J connectivity index is 3.07. The van der Waals surface area contributed by atoms with E-state index < -0.39 is 12.6 Å². The molecule has 0 aromatic rings. The van der Waals surface area contributed by atoms with E-state index in [1.165, 1.54) is 0 Å². The first-order valence-corrected chi connectivity index (χ1v) is 2.35. The van der Waals surface area contributed by atoms with Crippen molar-refractivity contribution in [3.63, 3.8) is 0 Å². The zero-order valence-electron chi connectivity index (χ0n) is 4.83. The van der Waals surface area contributed by atoms with Gasteiger partial charge in [0.05, 0.1) is 0 Å². The average molecular weight is 131 g/mol. The van der Waals surface area contributed by atoms with Gasteiger partial charge in [-0.15, -0.1) is 0 Å². The lowest BCUT2D eigenvalue weighted by Crippen LogP contribution is -2.04. The highest BCUT2D eigenvalue weighted by molar-refractivity contribution is 5.80. The fraction of sp³-hybridized carbons (Fsp3) is 0.400. The zero-order chi connectivity index (χ0) is 7.11. The Morgan fingerprint density at radius 3 is 2.78 bits per heavy atom. The van der Waals surface area contributed by atoms with Gasteiger partial charge in [0, 0.05) is 6.08 Å². The van der Waals surface area contributed by atoms with E-state index in [4.69, 9.17) is 0 Å². The van der Waals surface area contributed by atoms with Crippen LogP contribution in [0.4, 0.5) is 0 Å². The summed E-state index contributed by atoms with van der Waals surface area (Å²) in [6, 6.07) is 0. The van der Waals surface area contributed by atoms with Crippen molar-refractivity contribution in [1.29, 1.82) is 0 Å². The van der Waals surface area contributed by atoms with Crippen molar-refractivity contribution in [1.82, 2.24) is 0 Å². The van der Waals surface area contributed by atoms with Crippen LogP contribution in [0.3, 0.4) is 0 Å². The quantitative estimate of drug-likeness (QED) is 0.235. The van der Waals surface area contributed by atoms with E-state index in [2.05, 4.69) is 16.4 Å². The summed E-state index contributed by atoms with van der Waals surface area (Å²) in [7, 11) is 0. The number of hydrogen-bond donors (Lipinski definition) is 0. The fourth-order valence-electron chi connectivity index (χ4n) is 0.168. The number of hydrogen-bond acceptors (Lipinski definition) is 3. The largest absolute Gasteiger partial charge is 0.365 e. The molecular weight excluding hydrogens is 124 g/mol. The Bertz CT molecular complexity index is 99.1. The molecule has 0 aromatic carbocycles. The molecule has 1 radical (unpaired) electrons. The summed E-state index contributed by atoms with van der Waals surface area (Å²) in [5, 5.41) is 9.66. The molecule has 0 saturated carbocycles. The molecule has 0 amide bonds. The Labute approximate surface area is 52.6 Å². The first-order chi connectivity index (χ1) is 4.31. The summed E-state index contributed by atoms with van der Waals surface area (Å²) in [4.78, 5) is 18.2. The number of carbonyl (C=O) groups excluding carboxylic acids is 1. The third-order valence-electron chi connectivity index (χ3n) is 0.474. The molecule has 0 aromatic heterocycles. The van der Waals surface area contributed by atoms with Gasteiger partial charge in [-0.3, -0.25) is 4.89 Å². The zero-order valence-corrected chi connectivity index (χ0v) is 4.83. The molecule has 0 N–H and O–H groups in total. The van der Waals surface area contributed by atoms with Crippen LogP contribution in [0.5, 0.6) is 0 Å². The predicted octanol–water partition coefficient (Wildman–Crippen LogP) is 0.0777. The first-order valence-electron chi connectivity index (χ1n) is 2.35. The highest BCUT2D eigenvalue weighted by Crippen LogP contribution is 1.79. The Hall–Kier alpha value is -0.870. The van der Waals surface area contributed by atoms with Gasteiger partial charge in [-0.05, 0) is 0 Å². The van der Waals surface area contributed by atoms with Gasteiger partial charge in [0.15, 0.2) is 0 Å². The lowest BCUT2D eigenvalue weighted by atomic mass is 10.7. The van der Waals surface area contributed by atoms with E-state index in [0.717, 1.165) is 6.08 Å². The monoisotopic (exact) mass is 131 g/mol. The molecule has 0 saturated heterocycles. The van der Waals surface area contributed by atoms with Gasteiger partial charge in [0.25, 0.3) is 0 Å². The van der Waals surface area contributed by atoms with E-state index in [1.807, 2.05) is 0 Å². The molecular formula is C5H7O4. The molecule has 0 fully saturated rings. The van der Waals surface area contributed by atoms with Crippen LogP contribution >= 0.6 is 0 Å². The highest BCUT2D eigenvalue weighted by Gasteiger charge is 1.93. The van der Waals surface area contributed by atoms with Gasteiger partial charge in [-0.2, -0.15) is 4.89 Å². The van der Waals surface area contributed by atoms with E-state index in [-0.39, 0.29) is 6.61 Å². The summed E-state index contributed by atoms with van der Waals surface area (Å²) in [6.07, 6.45) is 0.949. The highest BCUT2D eigenvalue weighted by atomic mass is 17.2. The minimum absolute atomic E-state index is 0.125. The van der Waals surface area contributed by atoms with Gasteiger partial charge < -0.3 is 0 Å². The molecule has 0 aliphatic heterocycles. The summed E-state index contributed by atoms with van der Waals surface area (Å²) in [5.74, 6) is -0.691. The van der Waals surface area contributed by atoms with Gasteiger partial charge in [0.2, 0.25) is 0 Å². The van der Waals surface area contributed by atoms with Gasteiger partial charge >= 0.3 is 5.97 Å². The minimum atomic E-state index is -0.691. The molecule has 51 valence electrons. The van der Waals surface area contributed by atoms with Gasteiger partial charge in [0.1, 0.15) is 13.2 Å². The predicted molar refractivity (Wildman–Crippen MR) is 27.8 cm³/mol. The summed E-state index contributed by atoms with van der Waals surface area (Å²) < 4.78 is 0. The molecule has 4 nitrogen and oxygen atoms in total. The normalized spacial score (nSPS) is 8.56. The van der Waals surface area contributed by atoms with Crippen molar-refractivity contribution >= 4 is 5.97 Å². The lowest BCUT2D eigenvalue weighted by Gasteiger charge is -1.95. The van der Waals surface area contributed by atoms with Crippen molar-refractivity contribution in [3.05, 3.63) is 12.7 Å². The van der Waals surface area contributed by atoms with E-state index in [9.17, 15) is 9.90 Å². The Morgan fingerprint density at radius 2 is 2.33 bits per heavy atom. The molecule has 0 atom stereocenters. The van der Waals surface area contributed by atoms with E-state index >= 15 is 0 Å². The maximum Gasteiger partial charge on any atom is 0.365 e. The van der Waals surface area contributed by atoms with Crippen LogP contribution in [0.25, 0.3) is 0 Å². The Kier molecular flexibility index (Phi) is 4.76. The van der Waals surface area contributed by atoms with Crippen LogP contribution in [-0.2, 0) is 19.7 Å². The summed E-state index contributed by atoms with van der Waals surface area (Å²) in [6.45, 7) is 2.56. The van der Waals surface area contributed by atoms with Crippen molar-refractivity contribution in [2.45, 2.75) is 0 Å². The average Bonchev–Trinajstić information content (AvgIpc) is 1.89. The smallest absolute Gasteiger partial charge is 0.293 e. The van der Waals surface area contributed by atoms with Gasteiger partial charge in [-0.25, -0.2) is 9.90 Å². The van der Waals surface area contributed by atoms with Crippen molar-refractivity contribution in [2.24, 2.45) is 0 Å². The van der Waals surface area contributed by atoms with Crippen LogP contribution < -0.4 is 0 Å². The maximum atomic E-state index is 10.1. The Morgan fingerprint density at radius 1 is 1.67 bits per heavy atom. The molecule has 0 spiro atoms. The second kappa shape index (κ2) is 5.27. The minimum Gasteiger partial charge on any atom is -0.293 e. The second-order valence-corrected chi connectivity index (χ2v) is 1.13. The van der Waals surface area contributed by atoms with Crippen LogP contribution in [0.15, 0.2) is 12.7 Å².